The van der Waals surface area contributed by atoms with Gasteiger partial charge in [-0.25, -0.2) is 0 Å². The van der Waals surface area contributed by atoms with Gasteiger partial charge < -0.3 is 10.0 Å². The largest absolute Gasteiger partial charge is 0.396 e. The van der Waals surface area contributed by atoms with Gasteiger partial charge in [-0.05, 0) is 63.5 Å². The second-order valence-corrected chi connectivity index (χ2v) is 6.78. The zero-order valence-electron chi connectivity index (χ0n) is 12.2. The van der Waals surface area contributed by atoms with E-state index < -0.39 is 0 Å². The van der Waals surface area contributed by atoms with Crippen LogP contribution < -0.4 is 0 Å². The summed E-state index contributed by atoms with van der Waals surface area (Å²) >= 11 is 0. The molecule has 1 aliphatic rings. The Morgan fingerprint density at radius 3 is 2.12 bits per heavy atom. The van der Waals surface area contributed by atoms with Gasteiger partial charge in [0.15, 0.2) is 0 Å². The lowest BCUT2D eigenvalue weighted by atomic mass is 9.71. The predicted octanol–water partition coefficient (Wildman–Crippen LogP) is 3.30. The van der Waals surface area contributed by atoms with Gasteiger partial charge in [-0.3, -0.25) is 0 Å². The first-order valence-electron chi connectivity index (χ1n) is 7.26. The first kappa shape index (κ1) is 15.0. The van der Waals surface area contributed by atoms with Crippen molar-refractivity contribution in [2.75, 3.05) is 20.2 Å². The molecule has 1 aliphatic carbocycles. The van der Waals surface area contributed by atoms with E-state index in [0.717, 1.165) is 31.3 Å². The van der Waals surface area contributed by atoms with Gasteiger partial charge in [-0.2, -0.15) is 0 Å². The van der Waals surface area contributed by atoms with Crippen LogP contribution in [0.5, 0.6) is 0 Å². The molecule has 0 unspecified atom stereocenters. The van der Waals surface area contributed by atoms with Crippen molar-refractivity contribution in [3.8, 4) is 0 Å². The van der Waals surface area contributed by atoms with Crippen molar-refractivity contribution in [1.29, 1.82) is 0 Å². The van der Waals surface area contributed by atoms with E-state index in [9.17, 15) is 0 Å². The van der Waals surface area contributed by atoms with Crippen LogP contribution in [0.3, 0.4) is 0 Å². The number of hydrogen-bond donors (Lipinski definition) is 1. The Morgan fingerprint density at radius 2 is 1.65 bits per heavy atom. The summed E-state index contributed by atoms with van der Waals surface area (Å²) in [5.74, 6) is 0.907. The Bertz CT molecular complexity index is 201. The van der Waals surface area contributed by atoms with E-state index in [1.54, 1.807) is 0 Å². The van der Waals surface area contributed by atoms with E-state index in [2.05, 4.69) is 32.7 Å². The summed E-state index contributed by atoms with van der Waals surface area (Å²) in [6, 6.07) is 0.785. The Kier molecular flexibility index (Phi) is 5.94. The minimum absolute atomic E-state index is 0.338. The zero-order chi connectivity index (χ0) is 12.9. The Morgan fingerprint density at radius 1 is 1.06 bits per heavy atom. The minimum atomic E-state index is 0.338. The van der Waals surface area contributed by atoms with Crippen molar-refractivity contribution in [2.24, 2.45) is 11.3 Å². The van der Waals surface area contributed by atoms with E-state index in [-0.39, 0.29) is 0 Å². The highest BCUT2D eigenvalue weighted by molar-refractivity contribution is 4.83. The third-order valence-corrected chi connectivity index (χ3v) is 4.46. The summed E-state index contributed by atoms with van der Waals surface area (Å²) in [6.07, 6.45) is 7.57. The summed E-state index contributed by atoms with van der Waals surface area (Å²) in [4.78, 5) is 2.51. The minimum Gasteiger partial charge on any atom is -0.396 e. The van der Waals surface area contributed by atoms with Crippen LogP contribution in [0.25, 0.3) is 0 Å². The molecule has 2 nitrogen and oxygen atoms in total. The van der Waals surface area contributed by atoms with Crippen molar-refractivity contribution in [2.45, 2.75) is 65.3 Å². The lowest BCUT2D eigenvalue weighted by Crippen LogP contribution is -2.38. The van der Waals surface area contributed by atoms with E-state index in [4.69, 9.17) is 5.11 Å². The molecule has 1 saturated carbocycles. The number of rotatable bonds is 5. The van der Waals surface area contributed by atoms with Gasteiger partial charge in [0.2, 0.25) is 0 Å². The Balaban J connectivity index is 2.26. The number of nitrogens with zero attached hydrogens (tertiary/aromatic N) is 1. The molecular formula is C15H31NO. The molecule has 0 aliphatic heterocycles. The molecule has 0 atom stereocenters. The maximum atomic E-state index is 8.80. The van der Waals surface area contributed by atoms with Crippen molar-refractivity contribution < 1.29 is 5.11 Å². The normalized spacial score (nSPS) is 26.5. The molecule has 102 valence electrons. The summed E-state index contributed by atoms with van der Waals surface area (Å²) < 4.78 is 0. The van der Waals surface area contributed by atoms with Crippen LogP contribution in [-0.2, 0) is 0 Å². The fourth-order valence-corrected chi connectivity index (χ4v) is 3.04. The van der Waals surface area contributed by atoms with Crippen molar-refractivity contribution in [3.63, 3.8) is 0 Å². The molecule has 0 radical (unpaired) electrons. The maximum absolute atomic E-state index is 8.80. The van der Waals surface area contributed by atoms with Crippen molar-refractivity contribution in [3.05, 3.63) is 0 Å². The molecular weight excluding hydrogens is 210 g/mol. The quantitative estimate of drug-likeness (QED) is 0.747. The lowest BCUT2D eigenvalue weighted by Gasteiger charge is -2.40. The third kappa shape index (κ3) is 4.97. The molecule has 0 saturated heterocycles. The van der Waals surface area contributed by atoms with Crippen LogP contribution in [0.1, 0.15) is 59.3 Å². The Labute approximate surface area is 107 Å². The van der Waals surface area contributed by atoms with E-state index in [0.29, 0.717) is 12.0 Å². The number of aliphatic hydroxyl groups is 1. The fraction of sp³-hybridized carbons (Fsp3) is 1.00. The van der Waals surface area contributed by atoms with Crippen molar-refractivity contribution >= 4 is 0 Å². The summed E-state index contributed by atoms with van der Waals surface area (Å²) in [5, 5.41) is 8.80. The number of hydrogen-bond acceptors (Lipinski definition) is 2. The Hall–Kier alpha value is -0.0800. The van der Waals surface area contributed by atoms with E-state index in [1.807, 2.05) is 0 Å². The van der Waals surface area contributed by atoms with E-state index >= 15 is 0 Å². The van der Waals surface area contributed by atoms with Gasteiger partial charge >= 0.3 is 0 Å². The van der Waals surface area contributed by atoms with Crippen LogP contribution in [0.15, 0.2) is 0 Å². The first-order chi connectivity index (χ1) is 7.95. The molecule has 2 heteroatoms. The molecule has 1 rings (SSSR count). The van der Waals surface area contributed by atoms with Crippen LogP contribution in [-0.4, -0.2) is 36.2 Å². The SMILES string of the molecule is CN(CCCCO)C1CCC(C(C)(C)C)CC1. The van der Waals surface area contributed by atoms with Crippen LogP contribution in [0.2, 0.25) is 0 Å². The fourth-order valence-electron chi connectivity index (χ4n) is 3.04. The molecule has 0 bridgehead atoms. The van der Waals surface area contributed by atoms with Gasteiger partial charge in [0.25, 0.3) is 0 Å². The monoisotopic (exact) mass is 241 g/mol. The average molecular weight is 241 g/mol. The molecule has 0 heterocycles. The second kappa shape index (κ2) is 6.75. The maximum Gasteiger partial charge on any atom is 0.0431 e. The van der Waals surface area contributed by atoms with Gasteiger partial charge in [-0.15, -0.1) is 0 Å². The van der Waals surface area contributed by atoms with Crippen LogP contribution >= 0.6 is 0 Å². The highest BCUT2D eigenvalue weighted by Gasteiger charge is 2.30. The highest BCUT2D eigenvalue weighted by Crippen LogP contribution is 2.38. The highest BCUT2D eigenvalue weighted by atomic mass is 16.2. The van der Waals surface area contributed by atoms with Crippen LogP contribution in [0, 0.1) is 11.3 Å². The standard InChI is InChI=1S/C15H31NO/c1-15(2,3)13-7-9-14(10-8-13)16(4)11-5-6-12-17/h13-14,17H,5-12H2,1-4H3. The molecule has 0 aromatic heterocycles. The third-order valence-electron chi connectivity index (χ3n) is 4.46. The van der Waals surface area contributed by atoms with Crippen molar-refractivity contribution in [1.82, 2.24) is 4.90 Å². The molecule has 17 heavy (non-hydrogen) atoms. The predicted molar refractivity (Wildman–Crippen MR) is 74.2 cm³/mol. The van der Waals surface area contributed by atoms with Gasteiger partial charge in [-0.1, -0.05) is 20.8 Å². The smallest absolute Gasteiger partial charge is 0.0431 e. The van der Waals surface area contributed by atoms with Gasteiger partial charge in [0.05, 0.1) is 0 Å². The first-order valence-corrected chi connectivity index (χ1v) is 7.26. The average Bonchev–Trinajstić information content (AvgIpc) is 2.28. The molecule has 0 amide bonds. The second-order valence-electron chi connectivity index (χ2n) is 6.78. The molecule has 1 N–H and O–H groups in total. The number of aliphatic hydroxyl groups excluding tert-OH is 1. The van der Waals surface area contributed by atoms with Gasteiger partial charge in [0.1, 0.15) is 0 Å². The molecule has 0 aromatic rings. The molecule has 0 aromatic carbocycles. The van der Waals surface area contributed by atoms with E-state index in [1.165, 1.54) is 25.7 Å². The molecule has 0 spiro atoms. The zero-order valence-corrected chi connectivity index (χ0v) is 12.2. The van der Waals surface area contributed by atoms with Crippen LogP contribution in [0.4, 0.5) is 0 Å². The summed E-state index contributed by atoms with van der Waals surface area (Å²) in [5.41, 5.74) is 0.487. The summed E-state index contributed by atoms with van der Waals surface area (Å²) in [7, 11) is 2.25. The summed E-state index contributed by atoms with van der Waals surface area (Å²) in [6.45, 7) is 8.62. The topological polar surface area (TPSA) is 23.5 Å². The van der Waals surface area contributed by atoms with Gasteiger partial charge in [0, 0.05) is 12.6 Å². The number of unbranched alkanes of at least 4 members (excludes halogenated alkanes) is 1. The lowest BCUT2D eigenvalue weighted by molar-refractivity contribution is 0.109. The molecule has 1 fully saturated rings.